The Morgan fingerprint density at radius 2 is 1.06 bits per heavy atom. The molecule has 2 N–H and O–H groups in total. The summed E-state index contributed by atoms with van der Waals surface area (Å²) in [6, 6.07) is 0. The molecule has 0 aliphatic carbocycles. The van der Waals surface area contributed by atoms with Crippen molar-refractivity contribution in [2.75, 3.05) is 28.4 Å². The van der Waals surface area contributed by atoms with Crippen molar-refractivity contribution in [2.45, 2.75) is 190 Å². The van der Waals surface area contributed by atoms with Gasteiger partial charge in [-0.3, -0.25) is 9.59 Å². The highest BCUT2D eigenvalue weighted by Crippen LogP contribution is 2.36. The summed E-state index contributed by atoms with van der Waals surface area (Å²) in [7, 11) is 6.06. The predicted octanol–water partition coefficient (Wildman–Crippen LogP) is 0.726. The summed E-state index contributed by atoms with van der Waals surface area (Å²) in [6.45, 7) is 10.1. The van der Waals surface area contributed by atoms with Crippen LogP contribution in [0.2, 0.25) is 0 Å². The summed E-state index contributed by atoms with van der Waals surface area (Å²) in [4.78, 5) is 23.8. The number of hydrogen-bond donors (Lipinski definition) is 2. The number of esters is 2. The van der Waals surface area contributed by atoms with E-state index in [1.54, 1.807) is 34.8 Å². The Balaban J connectivity index is 1.15. The molecule has 0 spiro atoms. The first-order valence-corrected chi connectivity index (χ1v) is 18.7. The number of methoxy groups -OCH3 is 4. The lowest BCUT2D eigenvalue weighted by molar-refractivity contribution is -0.356. The molecule has 18 heteroatoms. The molecule has 5 aliphatic heterocycles. The topological polar surface area (TPSA) is 204 Å². The van der Waals surface area contributed by atoms with E-state index in [0.717, 1.165) is 0 Å². The Morgan fingerprint density at radius 1 is 0.574 bits per heavy atom. The molecule has 54 heavy (non-hydrogen) atoms. The van der Waals surface area contributed by atoms with Gasteiger partial charge in [0.25, 0.3) is 0 Å². The molecule has 0 saturated carbocycles. The third-order valence-corrected chi connectivity index (χ3v) is 10.9. The van der Waals surface area contributed by atoms with Gasteiger partial charge in [-0.05, 0) is 34.6 Å². The molecule has 5 rings (SSSR count). The van der Waals surface area contributed by atoms with E-state index in [-0.39, 0.29) is 25.2 Å². The van der Waals surface area contributed by atoms with Crippen molar-refractivity contribution in [3.8, 4) is 0 Å². The van der Waals surface area contributed by atoms with Crippen molar-refractivity contribution in [2.24, 2.45) is 0 Å². The number of cyclic esters (lactones) is 1. The predicted molar refractivity (Wildman–Crippen MR) is 182 cm³/mol. The largest absolute Gasteiger partial charge is 0.460 e. The quantitative estimate of drug-likeness (QED) is 0.247. The number of carbonyl (C=O) groups excluding carboxylic acids is 2. The van der Waals surface area contributed by atoms with Crippen molar-refractivity contribution in [3.63, 3.8) is 0 Å². The monoisotopic (exact) mass is 780 g/mol. The van der Waals surface area contributed by atoms with Gasteiger partial charge in [0.05, 0.1) is 55.3 Å². The molecule has 18 nitrogen and oxygen atoms in total. The molecule has 0 aromatic heterocycles. The maximum Gasteiger partial charge on any atom is 0.308 e. The number of aliphatic hydroxyl groups excluding tert-OH is 2. The molecule has 0 aromatic carbocycles. The highest BCUT2D eigenvalue weighted by Gasteiger charge is 2.51. The van der Waals surface area contributed by atoms with Crippen molar-refractivity contribution >= 4 is 11.9 Å². The second kappa shape index (κ2) is 19.2. The van der Waals surface area contributed by atoms with E-state index in [1.165, 1.54) is 28.3 Å². The lowest BCUT2D eigenvalue weighted by Gasteiger charge is -2.47. The average Bonchev–Trinajstić information content (AvgIpc) is 3.11. The van der Waals surface area contributed by atoms with Crippen LogP contribution < -0.4 is 0 Å². The van der Waals surface area contributed by atoms with E-state index >= 15 is 0 Å². The van der Waals surface area contributed by atoms with Crippen LogP contribution in [-0.2, 0) is 75.9 Å². The first-order chi connectivity index (χ1) is 25.7. The summed E-state index contributed by atoms with van der Waals surface area (Å²) in [6.07, 6.45) is -13.3. The lowest BCUT2D eigenvalue weighted by Crippen LogP contribution is -2.62. The van der Waals surface area contributed by atoms with Gasteiger partial charge >= 0.3 is 11.9 Å². The minimum atomic E-state index is -1.08. The molecule has 5 fully saturated rings. The van der Waals surface area contributed by atoms with Gasteiger partial charge in [0.2, 0.25) is 0 Å². The van der Waals surface area contributed by atoms with Crippen molar-refractivity contribution in [3.05, 3.63) is 0 Å². The summed E-state index contributed by atoms with van der Waals surface area (Å²) >= 11 is 0. The molecular weight excluding hydrogens is 720 g/mol. The van der Waals surface area contributed by atoms with Crippen LogP contribution in [0.5, 0.6) is 0 Å². The summed E-state index contributed by atoms with van der Waals surface area (Å²) < 4.78 is 83.3. The molecule has 0 radical (unpaired) electrons. The molecule has 20 atom stereocenters. The van der Waals surface area contributed by atoms with E-state index in [2.05, 4.69) is 0 Å². The van der Waals surface area contributed by atoms with E-state index in [9.17, 15) is 19.8 Å². The van der Waals surface area contributed by atoms with Crippen molar-refractivity contribution in [1.29, 1.82) is 0 Å². The Morgan fingerprint density at radius 3 is 1.56 bits per heavy atom. The lowest BCUT2D eigenvalue weighted by atomic mass is 9.97. The van der Waals surface area contributed by atoms with E-state index in [4.69, 9.17) is 66.3 Å². The fourth-order valence-electron chi connectivity index (χ4n) is 8.02. The van der Waals surface area contributed by atoms with Crippen LogP contribution in [0.1, 0.15) is 67.2 Å². The maximum absolute atomic E-state index is 11.9. The zero-order chi connectivity index (χ0) is 39.4. The number of hydrogen-bond acceptors (Lipinski definition) is 18. The van der Waals surface area contributed by atoms with Gasteiger partial charge in [0.1, 0.15) is 42.7 Å². The van der Waals surface area contributed by atoms with Gasteiger partial charge < -0.3 is 76.5 Å². The molecule has 0 aromatic rings. The summed E-state index contributed by atoms with van der Waals surface area (Å²) in [5, 5.41) is 21.9. The summed E-state index contributed by atoms with van der Waals surface area (Å²) in [5.74, 6) is -0.924. The highest BCUT2D eigenvalue weighted by molar-refractivity contribution is 5.71. The van der Waals surface area contributed by atoms with Gasteiger partial charge in [0.15, 0.2) is 31.3 Å². The van der Waals surface area contributed by atoms with Crippen LogP contribution in [0, 0.1) is 0 Å². The normalized spacial score (nSPS) is 47.5. The number of carbonyl (C=O) groups is 2. The molecule has 312 valence electrons. The number of ether oxygens (including phenoxy) is 14. The van der Waals surface area contributed by atoms with Crippen LogP contribution in [0.3, 0.4) is 0 Å². The zero-order valence-corrected chi connectivity index (χ0v) is 32.8. The molecule has 5 heterocycles. The van der Waals surface area contributed by atoms with Crippen LogP contribution >= 0.6 is 0 Å². The maximum atomic E-state index is 11.9. The molecular formula is C36H60O18. The van der Waals surface area contributed by atoms with Gasteiger partial charge in [-0.15, -0.1) is 0 Å². The highest BCUT2D eigenvalue weighted by atomic mass is 16.8. The molecule has 5 aliphatic rings. The Hall–Kier alpha value is -1.62. The first-order valence-electron chi connectivity index (χ1n) is 18.7. The van der Waals surface area contributed by atoms with Crippen LogP contribution in [0.15, 0.2) is 0 Å². The van der Waals surface area contributed by atoms with Gasteiger partial charge in [-0.1, -0.05) is 0 Å². The smallest absolute Gasteiger partial charge is 0.308 e. The molecule has 20 unspecified atom stereocenters. The molecule has 5 saturated heterocycles. The third-order valence-electron chi connectivity index (χ3n) is 10.9. The van der Waals surface area contributed by atoms with E-state index in [0.29, 0.717) is 6.42 Å². The Bertz CT molecular complexity index is 1200. The number of aliphatic hydroxyl groups is 2. The van der Waals surface area contributed by atoms with Crippen molar-refractivity contribution < 1.29 is 86.1 Å². The van der Waals surface area contributed by atoms with E-state index < -0.39 is 129 Å². The second-order valence-electron chi connectivity index (χ2n) is 14.7. The standard InChI is InChI=1S/C36H60O18/c1-15-29(40)34(44-10)35(50-20(6)37)36(49-15)54-33-19(5)48-27(14-24(33)43-9)51-30-16(2)46-26(11-21(30)38)52-32-18(4)47-28(13-23(32)42-8)53-31-17(3)45-25(39)12-22(31)41-7/h15-19,21-24,26-36,38,40H,11-14H2,1-10H3. The fraction of sp³-hybridized carbons (Fsp3) is 0.944. The second-order valence-corrected chi connectivity index (χ2v) is 14.7. The SMILES string of the molecule is COC1CC(=O)OC(C)C1OC1CC(OC)C(OC2CC(O)C(OC3CC(OC)C(OC4OC(C)C(O)C(OC)C4OC(C)=O)C(C)O3)C(C)O2)C(C)O1. The van der Waals surface area contributed by atoms with Crippen LogP contribution in [-0.4, -0.2) is 173 Å². The van der Waals surface area contributed by atoms with Crippen LogP contribution in [0.4, 0.5) is 0 Å². The molecule has 0 bridgehead atoms. The first kappa shape index (κ1) is 43.5. The zero-order valence-electron chi connectivity index (χ0n) is 32.8. The average molecular weight is 781 g/mol. The van der Waals surface area contributed by atoms with Gasteiger partial charge in [-0.2, -0.15) is 0 Å². The minimum Gasteiger partial charge on any atom is -0.460 e. The van der Waals surface area contributed by atoms with Crippen molar-refractivity contribution in [1.82, 2.24) is 0 Å². The fourth-order valence-corrected chi connectivity index (χ4v) is 8.02. The Labute approximate surface area is 316 Å². The van der Waals surface area contributed by atoms with E-state index in [1.807, 2.05) is 6.92 Å². The summed E-state index contributed by atoms with van der Waals surface area (Å²) in [5.41, 5.74) is 0. The number of rotatable bonds is 13. The Kier molecular flexibility index (Phi) is 15.5. The van der Waals surface area contributed by atoms with Gasteiger partial charge in [0, 0.05) is 54.6 Å². The third kappa shape index (κ3) is 10.1. The minimum absolute atomic E-state index is 0.0853. The van der Waals surface area contributed by atoms with Crippen LogP contribution in [0.25, 0.3) is 0 Å². The molecule has 0 amide bonds. The van der Waals surface area contributed by atoms with Gasteiger partial charge in [-0.25, -0.2) is 0 Å².